The third-order valence-electron chi connectivity index (χ3n) is 5.19. The maximum Gasteiger partial charge on any atom is 0.247 e. The third kappa shape index (κ3) is 4.58. The second-order valence-corrected chi connectivity index (χ2v) is 7.12. The third-order valence-corrected chi connectivity index (χ3v) is 5.19. The lowest BCUT2D eigenvalue weighted by Crippen LogP contribution is -2.41. The van der Waals surface area contributed by atoms with Gasteiger partial charge in [-0.3, -0.25) is 9.59 Å². The molecule has 2 amide bonds. The summed E-state index contributed by atoms with van der Waals surface area (Å²) in [6.45, 7) is 0. The standard InChI is InChI=1S/C22H26N2O5/c1-23-21(16-6-4-3-5-7-16)24(19(25)12-13-20(26)27)18(22(23)28)14-15-8-10-17(29-2)11-9-15/h3-11,18,20-21,26-27H,12-14H2,1-2H3. The van der Waals surface area contributed by atoms with E-state index in [4.69, 9.17) is 4.74 Å². The quantitative estimate of drug-likeness (QED) is 0.693. The van der Waals surface area contributed by atoms with Crippen LogP contribution in [0.25, 0.3) is 0 Å². The summed E-state index contributed by atoms with van der Waals surface area (Å²) < 4.78 is 5.18. The second-order valence-electron chi connectivity index (χ2n) is 7.12. The molecule has 2 atom stereocenters. The second kappa shape index (κ2) is 9.07. The van der Waals surface area contributed by atoms with Gasteiger partial charge in [0, 0.05) is 26.3 Å². The van der Waals surface area contributed by atoms with Crippen LogP contribution in [0.15, 0.2) is 54.6 Å². The average molecular weight is 398 g/mol. The predicted octanol–water partition coefficient (Wildman–Crippen LogP) is 1.70. The molecule has 0 radical (unpaired) electrons. The van der Waals surface area contributed by atoms with E-state index in [-0.39, 0.29) is 24.7 Å². The molecule has 1 heterocycles. The molecule has 2 unspecified atom stereocenters. The fraction of sp³-hybridized carbons (Fsp3) is 0.364. The lowest BCUT2D eigenvalue weighted by Gasteiger charge is -2.30. The topological polar surface area (TPSA) is 90.3 Å². The van der Waals surface area contributed by atoms with E-state index in [1.54, 1.807) is 24.0 Å². The first-order chi connectivity index (χ1) is 13.9. The molecule has 7 nitrogen and oxygen atoms in total. The van der Waals surface area contributed by atoms with E-state index in [1.807, 2.05) is 54.6 Å². The van der Waals surface area contributed by atoms with E-state index >= 15 is 0 Å². The van der Waals surface area contributed by atoms with E-state index in [1.165, 1.54) is 0 Å². The van der Waals surface area contributed by atoms with E-state index in [9.17, 15) is 19.8 Å². The number of benzene rings is 2. The number of aliphatic hydroxyl groups excluding tert-OH is 1. The van der Waals surface area contributed by atoms with Gasteiger partial charge in [0.25, 0.3) is 0 Å². The Hall–Kier alpha value is -2.90. The highest BCUT2D eigenvalue weighted by molar-refractivity contribution is 5.91. The van der Waals surface area contributed by atoms with Crippen LogP contribution < -0.4 is 4.74 Å². The van der Waals surface area contributed by atoms with E-state index in [2.05, 4.69) is 0 Å². The van der Waals surface area contributed by atoms with Crippen molar-refractivity contribution in [2.24, 2.45) is 0 Å². The molecular weight excluding hydrogens is 372 g/mol. The van der Waals surface area contributed by atoms with Crippen molar-refractivity contribution in [1.82, 2.24) is 9.80 Å². The molecule has 29 heavy (non-hydrogen) atoms. The van der Waals surface area contributed by atoms with Crippen molar-refractivity contribution in [1.29, 1.82) is 0 Å². The van der Waals surface area contributed by atoms with Gasteiger partial charge in [-0.25, -0.2) is 0 Å². The SMILES string of the molecule is COc1ccc(CC2C(=O)N(C)C(c3ccccc3)N2C(=O)CCC(O)O)cc1. The number of carbonyl (C=O) groups excluding carboxylic acids is 2. The van der Waals surface area contributed by atoms with Gasteiger partial charge < -0.3 is 24.7 Å². The smallest absolute Gasteiger partial charge is 0.247 e. The Kier molecular flexibility index (Phi) is 6.51. The van der Waals surface area contributed by atoms with Gasteiger partial charge in [-0.1, -0.05) is 42.5 Å². The monoisotopic (exact) mass is 398 g/mol. The van der Waals surface area contributed by atoms with Gasteiger partial charge in [0.15, 0.2) is 6.29 Å². The van der Waals surface area contributed by atoms with Crippen LogP contribution in [0, 0.1) is 0 Å². The molecule has 0 aromatic heterocycles. The molecule has 7 heteroatoms. The van der Waals surface area contributed by atoms with E-state index < -0.39 is 18.5 Å². The molecule has 0 bridgehead atoms. The fourth-order valence-electron chi connectivity index (χ4n) is 3.70. The minimum Gasteiger partial charge on any atom is -0.497 e. The Bertz CT molecular complexity index is 838. The normalized spacial score (nSPS) is 19.1. The van der Waals surface area contributed by atoms with Gasteiger partial charge in [-0.2, -0.15) is 0 Å². The zero-order valence-electron chi connectivity index (χ0n) is 16.6. The van der Waals surface area contributed by atoms with Crippen molar-refractivity contribution in [3.8, 4) is 5.75 Å². The van der Waals surface area contributed by atoms with E-state index in [0.717, 1.165) is 16.9 Å². The van der Waals surface area contributed by atoms with Crippen LogP contribution in [0.5, 0.6) is 5.75 Å². The van der Waals surface area contributed by atoms with Crippen molar-refractivity contribution in [2.75, 3.05) is 14.2 Å². The summed E-state index contributed by atoms with van der Waals surface area (Å²) in [6, 6.07) is 16.1. The summed E-state index contributed by atoms with van der Waals surface area (Å²) in [6.07, 6.45) is -1.87. The van der Waals surface area contributed by atoms with Gasteiger partial charge >= 0.3 is 0 Å². The number of hydrogen-bond acceptors (Lipinski definition) is 5. The molecule has 0 saturated carbocycles. The average Bonchev–Trinajstić information content (AvgIpc) is 2.98. The minimum atomic E-state index is -1.56. The maximum atomic E-state index is 13.1. The summed E-state index contributed by atoms with van der Waals surface area (Å²) in [5, 5.41) is 18.4. The first-order valence-corrected chi connectivity index (χ1v) is 9.54. The summed E-state index contributed by atoms with van der Waals surface area (Å²) in [7, 11) is 3.28. The number of methoxy groups -OCH3 is 1. The number of nitrogens with zero attached hydrogens (tertiary/aromatic N) is 2. The number of ether oxygens (including phenoxy) is 1. The first-order valence-electron chi connectivity index (χ1n) is 9.54. The highest BCUT2D eigenvalue weighted by Crippen LogP contribution is 2.35. The number of hydrogen-bond donors (Lipinski definition) is 2. The zero-order chi connectivity index (χ0) is 21.0. The lowest BCUT2D eigenvalue weighted by atomic mass is 10.0. The largest absolute Gasteiger partial charge is 0.497 e. The molecule has 1 aliphatic heterocycles. The Balaban J connectivity index is 1.92. The number of amides is 2. The maximum absolute atomic E-state index is 13.1. The summed E-state index contributed by atoms with van der Waals surface area (Å²) in [4.78, 5) is 29.3. The van der Waals surface area contributed by atoms with Gasteiger partial charge in [-0.05, 0) is 23.3 Å². The van der Waals surface area contributed by atoms with Crippen LogP contribution >= 0.6 is 0 Å². The summed E-state index contributed by atoms with van der Waals surface area (Å²) in [5.74, 6) is 0.284. The molecule has 0 spiro atoms. The molecule has 1 fully saturated rings. The molecule has 0 aliphatic carbocycles. The van der Waals surface area contributed by atoms with Crippen molar-refractivity contribution in [2.45, 2.75) is 37.8 Å². The fourth-order valence-corrected chi connectivity index (χ4v) is 3.70. The number of rotatable bonds is 7. The Morgan fingerprint density at radius 3 is 2.34 bits per heavy atom. The van der Waals surface area contributed by atoms with E-state index in [0.29, 0.717) is 6.42 Å². The molecule has 2 N–H and O–H groups in total. The van der Waals surface area contributed by atoms with Crippen LogP contribution in [0.3, 0.4) is 0 Å². The molecular formula is C22H26N2O5. The van der Waals surface area contributed by atoms with Crippen LogP contribution in [0.4, 0.5) is 0 Å². The van der Waals surface area contributed by atoms with Gasteiger partial charge in [0.1, 0.15) is 18.0 Å². The van der Waals surface area contributed by atoms with Crippen molar-refractivity contribution < 1.29 is 24.5 Å². The van der Waals surface area contributed by atoms with Crippen LogP contribution in [-0.4, -0.2) is 58.3 Å². The molecule has 1 aliphatic rings. The predicted molar refractivity (Wildman–Crippen MR) is 107 cm³/mol. The van der Waals surface area contributed by atoms with Gasteiger partial charge in [0.05, 0.1) is 7.11 Å². The Morgan fingerprint density at radius 2 is 1.76 bits per heavy atom. The Morgan fingerprint density at radius 1 is 1.10 bits per heavy atom. The zero-order valence-corrected chi connectivity index (χ0v) is 16.6. The summed E-state index contributed by atoms with van der Waals surface area (Å²) in [5.41, 5.74) is 1.74. The molecule has 154 valence electrons. The van der Waals surface area contributed by atoms with Gasteiger partial charge in [-0.15, -0.1) is 0 Å². The lowest BCUT2D eigenvalue weighted by molar-refractivity contribution is -0.138. The highest BCUT2D eigenvalue weighted by Gasteiger charge is 2.46. The molecule has 3 rings (SSSR count). The van der Waals surface area contributed by atoms with Gasteiger partial charge in [0.2, 0.25) is 11.8 Å². The van der Waals surface area contributed by atoms with Crippen LogP contribution in [0.1, 0.15) is 30.1 Å². The van der Waals surface area contributed by atoms with Crippen molar-refractivity contribution in [3.63, 3.8) is 0 Å². The highest BCUT2D eigenvalue weighted by atomic mass is 16.5. The number of likely N-dealkylation sites (N-methyl/N-ethyl adjacent to an activating group) is 1. The molecule has 2 aromatic carbocycles. The van der Waals surface area contributed by atoms with Crippen LogP contribution in [0.2, 0.25) is 0 Å². The minimum absolute atomic E-state index is 0.0543. The van der Waals surface area contributed by atoms with Crippen molar-refractivity contribution in [3.05, 3.63) is 65.7 Å². The Labute approximate surface area is 170 Å². The molecule has 2 aromatic rings. The first kappa shape index (κ1) is 20.8. The van der Waals surface area contributed by atoms with Crippen molar-refractivity contribution >= 4 is 11.8 Å². The molecule has 1 saturated heterocycles. The summed E-state index contributed by atoms with van der Waals surface area (Å²) >= 11 is 0. The number of aliphatic hydroxyl groups is 2. The number of carbonyl (C=O) groups is 2. The van der Waals surface area contributed by atoms with Crippen LogP contribution in [-0.2, 0) is 16.0 Å².